The zero-order valence-corrected chi connectivity index (χ0v) is 11.6. The van der Waals surface area contributed by atoms with Crippen molar-refractivity contribution in [3.63, 3.8) is 0 Å². The lowest BCUT2D eigenvalue weighted by Crippen LogP contribution is -2.22. The van der Waals surface area contributed by atoms with Gasteiger partial charge in [0.05, 0.1) is 10.5 Å². The molecule has 1 aromatic carbocycles. The van der Waals surface area contributed by atoms with Crippen molar-refractivity contribution in [1.82, 2.24) is 4.98 Å². The normalized spacial score (nSPS) is 10.1. The Morgan fingerprint density at radius 3 is 2.57 bits per heavy atom. The molecule has 0 aliphatic rings. The van der Waals surface area contributed by atoms with Gasteiger partial charge in [-0.3, -0.25) is 19.9 Å². The van der Waals surface area contributed by atoms with E-state index in [0.717, 1.165) is 17.8 Å². The maximum Gasteiger partial charge on any atom is 0.280 e. The van der Waals surface area contributed by atoms with Crippen LogP contribution in [-0.2, 0) is 6.54 Å². The number of pyridine rings is 1. The minimum Gasteiger partial charge on any atom is -0.367 e. The first kappa shape index (κ1) is 14.6. The molecule has 6 heteroatoms. The number of hydrogen-bond acceptors (Lipinski definition) is 5. The molecule has 0 N–H and O–H groups in total. The van der Waals surface area contributed by atoms with Crippen LogP contribution < -0.4 is 4.90 Å². The third-order valence-electron chi connectivity index (χ3n) is 3.20. The highest BCUT2D eigenvalue weighted by atomic mass is 16.6. The predicted molar refractivity (Wildman–Crippen MR) is 79.4 cm³/mol. The molecular weight excluding hydrogens is 270 g/mol. The van der Waals surface area contributed by atoms with Crippen molar-refractivity contribution < 1.29 is 9.72 Å². The smallest absolute Gasteiger partial charge is 0.280 e. The molecule has 2 aromatic rings. The Morgan fingerprint density at radius 1 is 1.29 bits per heavy atom. The monoisotopic (exact) mass is 285 g/mol. The van der Waals surface area contributed by atoms with Crippen LogP contribution in [0.4, 0.5) is 11.4 Å². The highest BCUT2D eigenvalue weighted by Crippen LogP contribution is 2.24. The molecular formula is C15H15N3O3. The highest BCUT2D eigenvalue weighted by Gasteiger charge is 2.15. The molecule has 1 aromatic heterocycles. The number of carbonyl (C=O) groups excluding carboxylic acids is 1. The topological polar surface area (TPSA) is 76.3 Å². The zero-order chi connectivity index (χ0) is 15.2. The second-order valence-corrected chi connectivity index (χ2v) is 4.49. The van der Waals surface area contributed by atoms with E-state index in [1.165, 1.54) is 6.07 Å². The van der Waals surface area contributed by atoms with Gasteiger partial charge in [0.2, 0.25) is 0 Å². The third-order valence-corrected chi connectivity index (χ3v) is 3.20. The summed E-state index contributed by atoms with van der Waals surface area (Å²) in [6.45, 7) is 3.36. The Morgan fingerprint density at radius 2 is 2.00 bits per heavy atom. The lowest BCUT2D eigenvalue weighted by atomic mass is 10.1. The summed E-state index contributed by atoms with van der Waals surface area (Å²) >= 11 is 0. The van der Waals surface area contributed by atoms with E-state index in [-0.39, 0.29) is 11.3 Å². The van der Waals surface area contributed by atoms with Gasteiger partial charge in [0.1, 0.15) is 0 Å². The summed E-state index contributed by atoms with van der Waals surface area (Å²) in [5.41, 5.74) is 1.78. The van der Waals surface area contributed by atoms with E-state index in [2.05, 4.69) is 4.98 Å². The van der Waals surface area contributed by atoms with Crippen LogP contribution >= 0.6 is 0 Å². The molecule has 0 spiro atoms. The summed E-state index contributed by atoms with van der Waals surface area (Å²) in [6.07, 6.45) is 3.95. The fraction of sp³-hybridized carbons (Fsp3) is 0.200. The van der Waals surface area contributed by atoms with E-state index in [1.807, 2.05) is 24.0 Å². The Labute approximate surface area is 122 Å². The van der Waals surface area contributed by atoms with E-state index >= 15 is 0 Å². The molecule has 6 nitrogen and oxygen atoms in total. The van der Waals surface area contributed by atoms with Gasteiger partial charge >= 0.3 is 0 Å². The van der Waals surface area contributed by atoms with E-state index < -0.39 is 4.92 Å². The molecule has 21 heavy (non-hydrogen) atoms. The van der Waals surface area contributed by atoms with Crippen molar-refractivity contribution in [3.05, 3.63) is 64.0 Å². The van der Waals surface area contributed by atoms with Crippen LogP contribution in [0.2, 0.25) is 0 Å². The van der Waals surface area contributed by atoms with Crippen LogP contribution in [0.1, 0.15) is 22.8 Å². The summed E-state index contributed by atoms with van der Waals surface area (Å²) in [5, 5.41) is 10.8. The Balaban J connectivity index is 2.30. The summed E-state index contributed by atoms with van der Waals surface area (Å²) in [5.74, 6) is 0. The minimum absolute atomic E-state index is 0.0886. The summed E-state index contributed by atoms with van der Waals surface area (Å²) in [7, 11) is 0. The van der Waals surface area contributed by atoms with Gasteiger partial charge in [-0.05, 0) is 36.8 Å². The average molecular weight is 285 g/mol. The molecule has 0 saturated carbocycles. The molecule has 0 fully saturated rings. The molecule has 0 amide bonds. The second kappa shape index (κ2) is 6.60. The van der Waals surface area contributed by atoms with E-state index in [1.54, 1.807) is 24.5 Å². The van der Waals surface area contributed by atoms with E-state index in [9.17, 15) is 14.9 Å². The summed E-state index contributed by atoms with van der Waals surface area (Å²) in [4.78, 5) is 27.3. The van der Waals surface area contributed by atoms with E-state index in [0.29, 0.717) is 12.8 Å². The molecule has 0 saturated heterocycles. The van der Waals surface area contributed by atoms with Gasteiger partial charge in [-0.25, -0.2) is 0 Å². The van der Waals surface area contributed by atoms with Gasteiger partial charge in [-0.1, -0.05) is 0 Å². The number of aromatic nitrogens is 1. The van der Waals surface area contributed by atoms with Crippen LogP contribution in [0.15, 0.2) is 42.7 Å². The van der Waals surface area contributed by atoms with Gasteiger partial charge in [-0.2, -0.15) is 0 Å². The molecule has 0 radical (unpaired) electrons. The standard InChI is InChI=1S/C15H15N3O3/c1-2-17(10-12-5-7-16-8-6-12)14-3-4-15(18(20)21)13(9-14)11-19/h3-9,11H,2,10H2,1H3. The first-order chi connectivity index (χ1) is 10.2. The largest absolute Gasteiger partial charge is 0.367 e. The average Bonchev–Trinajstić information content (AvgIpc) is 2.52. The second-order valence-electron chi connectivity index (χ2n) is 4.49. The van der Waals surface area contributed by atoms with Crippen molar-refractivity contribution >= 4 is 17.7 Å². The van der Waals surface area contributed by atoms with Crippen molar-refractivity contribution in [2.24, 2.45) is 0 Å². The highest BCUT2D eigenvalue weighted by molar-refractivity contribution is 5.83. The molecule has 108 valence electrons. The Hall–Kier alpha value is -2.76. The van der Waals surface area contributed by atoms with Crippen LogP contribution in [-0.4, -0.2) is 22.7 Å². The summed E-state index contributed by atoms with van der Waals surface area (Å²) in [6, 6.07) is 8.41. The fourth-order valence-corrected chi connectivity index (χ4v) is 2.09. The van der Waals surface area contributed by atoms with Crippen molar-refractivity contribution in [1.29, 1.82) is 0 Å². The van der Waals surface area contributed by atoms with Gasteiger partial charge < -0.3 is 4.90 Å². The number of anilines is 1. The first-order valence-corrected chi connectivity index (χ1v) is 6.53. The zero-order valence-electron chi connectivity index (χ0n) is 11.6. The quantitative estimate of drug-likeness (QED) is 0.463. The summed E-state index contributed by atoms with van der Waals surface area (Å²) < 4.78 is 0. The van der Waals surface area contributed by atoms with Crippen molar-refractivity contribution in [2.75, 3.05) is 11.4 Å². The molecule has 0 atom stereocenters. The van der Waals surface area contributed by atoms with Crippen LogP contribution in [0.5, 0.6) is 0 Å². The first-order valence-electron chi connectivity index (χ1n) is 6.53. The number of nitro benzene ring substituents is 1. The van der Waals surface area contributed by atoms with Crippen LogP contribution in [0.25, 0.3) is 0 Å². The van der Waals surface area contributed by atoms with Crippen molar-refractivity contribution in [2.45, 2.75) is 13.5 Å². The van der Waals surface area contributed by atoms with Crippen molar-refractivity contribution in [3.8, 4) is 0 Å². The maximum absolute atomic E-state index is 11.0. The molecule has 0 aliphatic heterocycles. The number of benzene rings is 1. The van der Waals surface area contributed by atoms with Crippen LogP contribution in [0, 0.1) is 10.1 Å². The number of hydrogen-bond donors (Lipinski definition) is 0. The number of aldehydes is 1. The molecule has 0 bridgehead atoms. The minimum atomic E-state index is -0.549. The van der Waals surface area contributed by atoms with Gasteiger partial charge in [0.15, 0.2) is 6.29 Å². The number of carbonyl (C=O) groups is 1. The number of nitro groups is 1. The maximum atomic E-state index is 11.0. The van der Waals surface area contributed by atoms with Gasteiger partial charge in [0, 0.05) is 37.2 Å². The Kier molecular flexibility index (Phi) is 4.61. The van der Waals surface area contributed by atoms with Gasteiger partial charge in [-0.15, -0.1) is 0 Å². The lowest BCUT2D eigenvalue weighted by molar-refractivity contribution is -0.385. The lowest BCUT2D eigenvalue weighted by Gasteiger charge is -2.23. The number of nitrogens with zero attached hydrogens (tertiary/aromatic N) is 3. The molecule has 1 heterocycles. The molecule has 0 aliphatic carbocycles. The SMILES string of the molecule is CCN(Cc1ccncc1)c1ccc([N+](=O)[O-])c(C=O)c1. The predicted octanol–water partition coefficient (Wildman–Crippen LogP) is 2.83. The Bertz CT molecular complexity index is 644. The van der Waals surface area contributed by atoms with Gasteiger partial charge in [0.25, 0.3) is 5.69 Å². The number of rotatable bonds is 6. The molecule has 2 rings (SSSR count). The van der Waals surface area contributed by atoms with E-state index in [4.69, 9.17) is 0 Å². The molecule has 0 unspecified atom stereocenters. The third kappa shape index (κ3) is 3.42. The van der Waals surface area contributed by atoms with Crippen LogP contribution in [0.3, 0.4) is 0 Å². The fourth-order valence-electron chi connectivity index (χ4n) is 2.09.